The van der Waals surface area contributed by atoms with Crippen molar-refractivity contribution in [1.82, 2.24) is 10.3 Å². The van der Waals surface area contributed by atoms with E-state index in [2.05, 4.69) is 10.3 Å². The summed E-state index contributed by atoms with van der Waals surface area (Å²) in [6.07, 6.45) is -0.893. The van der Waals surface area contributed by atoms with E-state index in [1.165, 1.54) is 0 Å². The molecule has 2 atom stereocenters. The van der Waals surface area contributed by atoms with Gasteiger partial charge in [-0.2, -0.15) is 0 Å². The lowest BCUT2D eigenvalue weighted by Gasteiger charge is -2.18. The number of esters is 1. The van der Waals surface area contributed by atoms with Crippen molar-refractivity contribution in [1.29, 1.82) is 0 Å². The van der Waals surface area contributed by atoms with E-state index in [0.717, 1.165) is 22.0 Å². The molecule has 0 saturated heterocycles. The molecule has 0 spiro atoms. The van der Waals surface area contributed by atoms with Crippen molar-refractivity contribution in [3.05, 3.63) is 77.0 Å². The van der Waals surface area contributed by atoms with Crippen molar-refractivity contribution >= 4 is 22.8 Å². The van der Waals surface area contributed by atoms with E-state index in [4.69, 9.17) is 4.74 Å². The van der Waals surface area contributed by atoms with E-state index in [1.54, 1.807) is 13.8 Å². The van der Waals surface area contributed by atoms with E-state index in [0.29, 0.717) is 17.8 Å². The fourth-order valence-corrected chi connectivity index (χ4v) is 3.40. The molecule has 0 aliphatic heterocycles. The number of amides is 1. The van der Waals surface area contributed by atoms with Crippen molar-refractivity contribution in [2.75, 3.05) is 6.54 Å². The summed E-state index contributed by atoms with van der Waals surface area (Å²) in [5.74, 6) is -0.681. The number of rotatable bonds is 6. The minimum atomic E-state index is -0.893. The Kier molecular flexibility index (Phi) is 6.27. The van der Waals surface area contributed by atoms with Crippen LogP contribution in [-0.4, -0.2) is 29.5 Å². The molecule has 150 valence electrons. The summed E-state index contributed by atoms with van der Waals surface area (Å²) < 4.78 is 5.46. The minimum Gasteiger partial charge on any atom is -0.449 e. The molecule has 5 heteroatoms. The lowest BCUT2D eigenvalue weighted by molar-refractivity contribution is -0.129. The van der Waals surface area contributed by atoms with Gasteiger partial charge in [-0.15, -0.1) is 0 Å². The van der Waals surface area contributed by atoms with Gasteiger partial charge >= 0.3 is 5.97 Å². The average molecular weight is 390 g/mol. The van der Waals surface area contributed by atoms with Gasteiger partial charge in [-0.05, 0) is 43.9 Å². The Morgan fingerprint density at radius 1 is 1.00 bits per heavy atom. The van der Waals surface area contributed by atoms with Gasteiger partial charge in [0.1, 0.15) is 0 Å². The first-order valence-corrected chi connectivity index (χ1v) is 9.78. The summed E-state index contributed by atoms with van der Waals surface area (Å²) in [5.41, 5.74) is 3.80. The van der Waals surface area contributed by atoms with Crippen LogP contribution in [0, 0.1) is 13.8 Å². The molecule has 0 bridgehead atoms. The monoisotopic (exact) mass is 390 g/mol. The molecule has 1 heterocycles. The number of hydrogen-bond donors (Lipinski definition) is 1. The normalized spacial score (nSPS) is 13.0. The predicted octanol–water partition coefficient (Wildman–Crippen LogP) is 4.32. The third-order valence-electron chi connectivity index (χ3n) is 5.14. The first kappa shape index (κ1) is 20.5. The first-order chi connectivity index (χ1) is 13.9. The largest absolute Gasteiger partial charge is 0.449 e. The lowest BCUT2D eigenvalue weighted by Crippen LogP contribution is -2.37. The van der Waals surface area contributed by atoms with Crippen LogP contribution in [0.5, 0.6) is 0 Å². The summed E-state index contributed by atoms with van der Waals surface area (Å²) in [7, 11) is 0. The molecular weight excluding hydrogens is 364 g/mol. The van der Waals surface area contributed by atoms with Crippen LogP contribution in [0.2, 0.25) is 0 Å². The molecule has 2 aromatic carbocycles. The highest BCUT2D eigenvalue weighted by Gasteiger charge is 2.23. The van der Waals surface area contributed by atoms with Gasteiger partial charge in [-0.3, -0.25) is 9.78 Å². The Balaban J connectivity index is 1.66. The van der Waals surface area contributed by atoms with E-state index in [1.807, 2.05) is 68.4 Å². The molecule has 3 rings (SSSR count). The van der Waals surface area contributed by atoms with Crippen LogP contribution in [0.4, 0.5) is 0 Å². The lowest BCUT2D eigenvalue weighted by atomic mass is 10.0. The number of para-hydroxylation sites is 1. The summed E-state index contributed by atoms with van der Waals surface area (Å²) in [6, 6.07) is 17.6. The van der Waals surface area contributed by atoms with E-state index in [9.17, 15) is 9.59 Å². The quantitative estimate of drug-likeness (QED) is 0.637. The minimum absolute atomic E-state index is 0.164. The SMILES string of the molecule is Cc1nc2ccccc2c(C)c1C(=O)O[C@@H](C)C(=O)NC[C@@H](C)c1ccccc1. The van der Waals surface area contributed by atoms with Crippen molar-refractivity contribution in [3.63, 3.8) is 0 Å². The van der Waals surface area contributed by atoms with E-state index < -0.39 is 12.1 Å². The molecular formula is C24H26N2O3. The van der Waals surface area contributed by atoms with Crippen molar-refractivity contribution < 1.29 is 14.3 Å². The highest BCUT2D eigenvalue weighted by molar-refractivity contribution is 5.99. The highest BCUT2D eigenvalue weighted by Crippen LogP contribution is 2.23. The molecule has 1 N–H and O–H groups in total. The number of pyridine rings is 1. The summed E-state index contributed by atoms with van der Waals surface area (Å²) in [5, 5.41) is 3.77. The maximum atomic E-state index is 12.8. The number of benzene rings is 2. The number of carbonyl (C=O) groups excluding carboxylic acids is 2. The van der Waals surface area contributed by atoms with Gasteiger partial charge in [0, 0.05) is 11.9 Å². The Bertz CT molecular complexity index is 1030. The summed E-state index contributed by atoms with van der Waals surface area (Å²) in [6.45, 7) is 7.75. The molecule has 0 aliphatic carbocycles. The molecule has 0 radical (unpaired) electrons. The van der Waals surface area contributed by atoms with Crippen LogP contribution in [0.1, 0.15) is 46.9 Å². The van der Waals surface area contributed by atoms with Gasteiger partial charge in [-0.1, -0.05) is 55.5 Å². The molecule has 1 amide bonds. The molecule has 0 saturated carbocycles. The highest BCUT2D eigenvalue weighted by atomic mass is 16.5. The third kappa shape index (κ3) is 4.62. The average Bonchev–Trinajstić information content (AvgIpc) is 2.72. The number of nitrogens with zero attached hydrogens (tertiary/aromatic N) is 1. The number of aryl methyl sites for hydroxylation is 2. The van der Waals surface area contributed by atoms with Gasteiger partial charge < -0.3 is 10.1 Å². The number of carbonyl (C=O) groups is 2. The molecule has 5 nitrogen and oxygen atoms in total. The standard InChI is InChI=1S/C24H26N2O3/c1-15(19-10-6-5-7-11-19)14-25-23(27)18(4)29-24(28)22-16(2)20-12-8-9-13-21(20)26-17(22)3/h5-13,15,18H,14H2,1-4H3,(H,25,27)/t15-,18+/m1/s1. The van der Waals surface area contributed by atoms with Gasteiger partial charge in [0.25, 0.3) is 5.91 Å². The first-order valence-electron chi connectivity index (χ1n) is 9.78. The van der Waals surface area contributed by atoms with Crippen molar-refractivity contribution in [2.24, 2.45) is 0 Å². The second-order valence-corrected chi connectivity index (χ2v) is 7.32. The number of ether oxygens (including phenoxy) is 1. The van der Waals surface area contributed by atoms with E-state index in [-0.39, 0.29) is 11.8 Å². The van der Waals surface area contributed by atoms with Crippen LogP contribution in [0.25, 0.3) is 10.9 Å². The number of hydrogen-bond acceptors (Lipinski definition) is 4. The summed E-state index contributed by atoms with van der Waals surface area (Å²) >= 11 is 0. The van der Waals surface area contributed by atoms with Gasteiger partial charge in [0.2, 0.25) is 0 Å². The van der Waals surface area contributed by atoms with Crippen LogP contribution >= 0.6 is 0 Å². The second-order valence-electron chi connectivity index (χ2n) is 7.32. The second kappa shape index (κ2) is 8.86. The van der Waals surface area contributed by atoms with Crippen molar-refractivity contribution in [2.45, 2.75) is 39.7 Å². The zero-order chi connectivity index (χ0) is 21.0. The van der Waals surface area contributed by atoms with Gasteiger partial charge in [-0.25, -0.2) is 4.79 Å². The fraction of sp³-hybridized carbons (Fsp3) is 0.292. The molecule has 0 aliphatic rings. The Morgan fingerprint density at radius 3 is 2.38 bits per heavy atom. The topological polar surface area (TPSA) is 68.3 Å². The van der Waals surface area contributed by atoms with Gasteiger partial charge in [0.05, 0.1) is 16.8 Å². The smallest absolute Gasteiger partial charge is 0.341 e. The molecule has 1 aromatic heterocycles. The molecule has 29 heavy (non-hydrogen) atoms. The predicted molar refractivity (Wildman–Crippen MR) is 114 cm³/mol. The van der Waals surface area contributed by atoms with E-state index >= 15 is 0 Å². The summed E-state index contributed by atoms with van der Waals surface area (Å²) in [4.78, 5) is 29.7. The number of fused-ring (bicyclic) bond motifs is 1. The fourth-order valence-electron chi connectivity index (χ4n) is 3.40. The maximum absolute atomic E-state index is 12.8. The van der Waals surface area contributed by atoms with Gasteiger partial charge in [0.15, 0.2) is 6.10 Å². The number of aromatic nitrogens is 1. The zero-order valence-electron chi connectivity index (χ0n) is 17.2. The van der Waals surface area contributed by atoms with Crippen LogP contribution < -0.4 is 5.32 Å². The van der Waals surface area contributed by atoms with Crippen LogP contribution in [0.3, 0.4) is 0 Å². The zero-order valence-corrected chi connectivity index (χ0v) is 17.2. The maximum Gasteiger partial charge on any atom is 0.341 e. The third-order valence-corrected chi connectivity index (χ3v) is 5.14. The Morgan fingerprint density at radius 2 is 1.66 bits per heavy atom. The van der Waals surface area contributed by atoms with Crippen LogP contribution in [-0.2, 0) is 9.53 Å². The molecule has 0 unspecified atom stereocenters. The molecule has 3 aromatic rings. The number of nitrogens with one attached hydrogen (secondary N) is 1. The molecule has 0 fully saturated rings. The van der Waals surface area contributed by atoms with Crippen LogP contribution in [0.15, 0.2) is 54.6 Å². The Hall–Kier alpha value is -3.21. The Labute approximate surface area is 171 Å². The van der Waals surface area contributed by atoms with Crippen molar-refractivity contribution in [3.8, 4) is 0 Å².